The summed E-state index contributed by atoms with van der Waals surface area (Å²) >= 11 is 1.49. The van der Waals surface area contributed by atoms with Gasteiger partial charge in [0.25, 0.3) is 0 Å². The highest BCUT2D eigenvalue weighted by molar-refractivity contribution is 7.99. The van der Waals surface area contributed by atoms with E-state index in [1.807, 2.05) is 59.1 Å². The Bertz CT molecular complexity index is 731. The molecule has 0 amide bonds. The highest BCUT2D eigenvalue weighted by Crippen LogP contribution is 2.27. The van der Waals surface area contributed by atoms with E-state index in [9.17, 15) is 5.11 Å². The molecule has 0 saturated carbocycles. The Morgan fingerprint density at radius 3 is 2.62 bits per heavy atom. The third-order valence-corrected chi connectivity index (χ3v) is 4.57. The van der Waals surface area contributed by atoms with Crippen molar-refractivity contribution in [3.8, 4) is 0 Å². The first-order chi connectivity index (χ1) is 10.2. The van der Waals surface area contributed by atoms with Gasteiger partial charge in [-0.15, -0.1) is 10.2 Å². The van der Waals surface area contributed by atoms with Gasteiger partial charge in [0.1, 0.15) is 0 Å². The van der Waals surface area contributed by atoms with Crippen LogP contribution in [0.2, 0.25) is 0 Å². The van der Waals surface area contributed by atoms with Crippen LogP contribution in [-0.2, 0) is 5.54 Å². The SMILES string of the molecule is NC(CO)(CSc1nnc2ccccn12)c1ccccc1. The second kappa shape index (κ2) is 5.85. The zero-order chi connectivity index (χ0) is 14.7. The summed E-state index contributed by atoms with van der Waals surface area (Å²) in [5, 5.41) is 18.7. The molecule has 1 atom stereocenters. The first kappa shape index (κ1) is 14.1. The van der Waals surface area contributed by atoms with E-state index in [0.717, 1.165) is 16.4 Å². The number of rotatable bonds is 5. The van der Waals surface area contributed by atoms with Crippen LogP contribution >= 0.6 is 11.8 Å². The average Bonchev–Trinajstić information content (AvgIpc) is 2.97. The number of hydrogen-bond acceptors (Lipinski definition) is 5. The number of fused-ring (bicyclic) bond motifs is 1. The summed E-state index contributed by atoms with van der Waals surface area (Å²) in [6, 6.07) is 15.4. The summed E-state index contributed by atoms with van der Waals surface area (Å²) in [5.41, 5.74) is 7.26. The quantitative estimate of drug-likeness (QED) is 0.701. The second-order valence-corrected chi connectivity index (χ2v) is 5.82. The van der Waals surface area contributed by atoms with Crippen LogP contribution < -0.4 is 5.73 Å². The lowest BCUT2D eigenvalue weighted by Crippen LogP contribution is -2.43. The number of hydrogen-bond donors (Lipinski definition) is 2. The Balaban J connectivity index is 1.82. The molecule has 0 radical (unpaired) electrons. The van der Waals surface area contributed by atoms with Crippen molar-refractivity contribution in [2.24, 2.45) is 5.73 Å². The lowest BCUT2D eigenvalue weighted by atomic mass is 9.94. The number of benzene rings is 1. The van der Waals surface area contributed by atoms with E-state index in [1.54, 1.807) is 0 Å². The number of nitrogens with zero attached hydrogens (tertiary/aromatic N) is 3. The molecule has 0 saturated heterocycles. The number of thioether (sulfide) groups is 1. The van der Waals surface area contributed by atoms with Gasteiger partial charge in [-0.2, -0.15) is 0 Å². The first-order valence-electron chi connectivity index (χ1n) is 6.61. The van der Waals surface area contributed by atoms with Crippen LogP contribution in [0.5, 0.6) is 0 Å². The predicted molar refractivity (Wildman–Crippen MR) is 83.1 cm³/mol. The van der Waals surface area contributed by atoms with Gasteiger partial charge in [0.2, 0.25) is 0 Å². The predicted octanol–water partition coefficient (Wildman–Crippen LogP) is 1.67. The smallest absolute Gasteiger partial charge is 0.195 e. The second-order valence-electron chi connectivity index (χ2n) is 4.88. The number of aliphatic hydroxyl groups is 1. The molecule has 1 unspecified atom stereocenters. The van der Waals surface area contributed by atoms with Crippen molar-refractivity contribution in [2.45, 2.75) is 10.7 Å². The fourth-order valence-corrected chi connectivity index (χ4v) is 3.14. The number of pyridine rings is 1. The number of aromatic nitrogens is 3. The first-order valence-corrected chi connectivity index (χ1v) is 7.59. The highest BCUT2D eigenvalue weighted by Gasteiger charge is 2.27. The van der Waals surface area contributed by atoms with E-state index < -0.39 is 5.54 Å². The number of aliphatic hydroxyl groups excluding tert-OH is 1. The zero-order valence-electron chi connectivity index (χ0n) is 11.4. The molecule has 5 nitrogen and oxygen atoms in total. The van der Waals surface area contributed by atoms with Gasteiger partial charge in [0.05, 0.1) is 12.1 Å². The lowest BCUT2D eigenvalue weighted by molar-refractivity contribution is 0.213. The summed E-state index contributed by atoms with van der Waals surface area (Å²) in [4.78, 5) is 0. The summed E-state index contributed by atoms with van der Waals surface area (Å²) < 4.78 is 1.91. The minimum absolute atomic E-state index is 0.124. The van der Waals surface area contributed by atoms with Crippen molar-refractivity contribution in [2.75, 3.05) is 12.4 Å². The Kier molecular flexibility index (Phi) is 3.92. The van der Waals surface area contributed by atoms with Gasteiger partial charge < -0.3 is 10.8 Å². The molecule has 2 aromatic heterocycles. The van der Waals surface area contributed by atoms with Crippen molar-refractivity contribution in [3.63, 3.8) is 0 Å². The third kappa shape index (κ3) is 2.78. The van der Waals surface area contributed by atoms with Gasteiger partial charge in [-0.25, -0.2) is 0 Å². The van der Waals surface area contributed by atoms with E-state index in [1.165, 1.54) is 11.8 Å². The fourth-order valence-electron chi connectivity index (χ4n) is 2.10. The van der Waals surface area contributed by atoms with Crippen LogP contribution in [-0.4, -0.2) is 32.1 Å². The molecule has 1 aromatic carbocycles. The maximum atomic E-state index is 9.70. The summed E-state index contributed by atoms with van der Waals surface area (Å²) in [6.45, 7) is -0.124. The highest BCUT2D eigenvalue weighted by atomic mass is 32.2. The molecule has 3 N–H and O–H groups in total. The molecule has 108 valence electrons. The standard InChI is InChI=1S/C15H16N4OS/c16-15(10-20,12-6-2-1-3-7-12)11-21-14-18-17-13-8-4-5-9-19(13)14/h1-9,20H,10-11,16H2. The van der Waals surface area contributed by atoms with E-state index in [2.05, 4.69) is 10.2 Å². The Labute approximate surface area is 126 Å². The third-order valence-electron chi connectivity index (χ3n) is 3.37. The van der Waals surface area contributed by atoms with Gasteiger partial charge >= 0.3 is 0 Å². The van der Waals surface area contributed by atoms with Gasteiger partial charge in [-0.3, -0.25) is 4.40 Å². The average molecular weight is 300 g/mol. The van der Waals surface area contributed by atoms with Crippen molar-refractivity contribution >= 4 is 17.4 Å². The normalized spacial score (nSPS) is 14.2. The summed E-state index contributed by atoms with van der Waals surface area (Å²) in [6.07, 6.45) is 1.91. The van der Waals surface area contributed by atoms with Gasteiger partial charge in [0.15, 0.2) is 10.8 Å². The zero-order valence-corrected chi connectivity index (χ0v) is 12.2. The molecule has 3 aromatic rings. The molecular formula is C15H16N4OS. The van der Waals surface area contributed by atoms with E-state index >= 15 is 0 Å². The molecule has 0 spiro atoms. The Hall–Kier alpha value is -1.89. The maximum Gasteiger partial charge on any atom is 0.195 e. The monoisotopic (exact) mass is 300 g/mol. The van der Waals surface area contributed by atoms with Crippen LogP contribution in [0.15, 0.2) is 59.9 Å². The molecule has 0 aliphatic heterocycles. The molecule has 0 fully saturated rings. The summed E-state index contributed by atoms with van der Waals surface area (Å²) in [5.74, 6) is 0.517. The molecule has 0 bridgehead atoms. The molecule has 2 heterocycles. The van der Waals surface area contributed by atoms with Crippen molar-refractivity contribution in [3.05, 3.63) is 60.3 Å². The van der Waals surface area contributed by atoms with Crippen LogP contribution in [0.25, 0.3) is 5.65 Å². The number of nitrogens with two attached hydrogens (primary N) is 1. The Morgan fingerprint density at radius 1 is 1.10 bits per heavy atom. The minimum atomic E-state index is -0.799. The molecule has 6 heteroatoms. The van der Waals surface area contributed by atoms with E-state index in [4.69, 9.17) is 5.73 Å². The molecule has 0 aliphatic carbocycles. The van der Waals surface area contributed by atoms with Crippen LogP contribution in [0, 0.1) is 0 Å². The molecular weight excluding hydrogens is 284 g/mol. The van der Waals surface area contributed by atoms with Crippen molar-refractivity contribution in [1.29, 1.82) is 0 Å². The topological polar surface area (TPSA) is 76.4 Å². The van der Waals surface area contributed by atoms with Gasteiger partial charge in [0, 0.05) is 11.9 Å². The molecule has 3 rings (SSSR count). The van der Waals surface area contributed by atoms with Crippen LogP contribution in [0.3, 0.4) is 0 Å². The van der Waals surface area contributed by atoms with Gasteiger partial charge in [-0.1, -0.05) is 48.2 Å². The maximum absolute atomic E-state index is 9.70. The van der Waals surface area contributed by atoms with Crippen molar-refractivity contribution < 1.29 is 5.11 Å². The fraction of sp³-hybridized carbons (Fsp3) is 0.200. The van der Waals surface area contributed by atoms with Crippen molar-refractivity contribution in [1.82, 2.24) is 14.6 Å². The van der Waals surface area contributed by atoms with E-state index in [0.29, 0.717) is 5.75 Å². The largest absolute Gasteiger partial charge is 0.394 e. The summed E-state index contributed by atoms with van der Waals surface area (Å²) in [7, 11) is 0. The minimum Gasteiger partial charge on any atom is -0.394 e. The Morgan fingerprint density at radius 2 is 1.86 bits per heavy atom. The van der Waals surface area contributed by atoms with E-state index in [-0.39, 0.29) is 6.61 Å². The molecule has 0 aliphatic rings. The van der Waals surface area contributed by atoms with Crippen LogP contribution in [0.1, 0.15) is 5.56 Å². The van der Waals surface area contributed by atoms with Crippen LogP contribution in [0.4, 0.5) is 0 Å². The van der Waals surface area contributed by atoms with Gasteiger partial charge in [-0.05, 0) is 17.7 Å². The lowest BCUT2D eigenvalue weighted by Gasteiger charge is -2.27. The molecule has 21 heavy (non-hydrogen) atoms.